The first-order valence-corrected chi connectivity index (χ1v) is 5.19. The zero-order valence-corrected chi connectivity index (χ0v) is 14.2. The van der Waals surface area contributed by atoms with E-state index in [1.807, 2.05) is 12.2 Å². The Morgan fingerprint density at radius 1 is 0.750 bits per heavy atom. The molecule has 0 unspecified atom stereocenters. The van der Waals surface area contributed by atoms with E-state index in [1.165, 1.54) is 13.1 Å². The van der Waals surface area contributed by atoms with Crippen molar-refractivity contribution in [2.45, 2.75) is 0 Å². The van der Waals surface area contributed by atoms with Crippen molar-refractivity contribution in [2.75, 3.05) is 54.4 Å². The third-order valence-corrected chi connectivity index (χ3v) is 2.56. The highest BCUT2D eigenvalue weighted by Gasteiger charge is 2.20. The van der Waals surface area contributed by atoms with Gasteiger partial charge in [0, 0.05) is 0 Å². The van der Waals surface area contributed by atoms with Crippen molar-refractivity contribution in [3.05, 3.63) is 25.3 Å². The molecule has 0 rings (SSSR count). The van der Waals surface area contributed by atoms with Crippen LogP contribution in [0.1, 0.15) is 0 Å². The molecule has 0 aliphatic heterocycles. The van der Waals surface area contributed by atoms with Crippen LogP contribution in [0.4, 0.5) is 0 Å². The highest BCUT2D eigenvalue weighted by atomic mass is 79.9. The maximum atomic E-state index is 3.79. The Morgan fingerprint density at radius 2 is 1.00 bits per heavy atom. The van der Waals surface area contributed by atoms with Gasteiger partial charge in [0.05, 0.1) is 41.3 Å². The van der Waals surface area contributed by atoms with Crippen LogP contribution >= 0.6 is 0 Å². The monoisotopic (exact) mass is 356 g/mol. The predicted octanol–water partition coefficient (Wildman–Crippen LogP) is -4.48. The Labute approximate surface area is 122 Å². The van der Waals surface area contributed by atoms with Crippen LogP contribution in [0.15, 0.2) is 25.3 Å². The summed E-state index contributed by atoms with van der Waals surface area (Å²) in [6, 6.07) is 0. The minimum absolute atomic E-state index is 0. The Balaban J connectivity index is -0.000000845. The van der Waals surface area contributed by atoms with Crippen molar-refractivity contribution in [3.63, 3.8) is 0 Å². The van der Waals surface area contributed by atoms with Crippen molar-refractivity contribution in [1.82, 2.24) is 0 Å². The lowest BCUT2D eigenvalue weighted by atomic mass is 10.3. The molecule has 0 aromatic carbocycles. The van der Waals surface area contributed by atoms with Gasteiger partial charge in [0.1, 0.15) is 13.1 Å². The number of nitrogens with zero attached hydrogens (tertiary/aromatic N) is 2. The molecular formula is C12H26Br2N2. The van der Waals surface area contributed by atoms with E-state index < -0.39 is 0 Å². The van der Waals surface area contributed by atoms with Gasteiger partial charge in [-0.2, -0.15) is 0 Å². The van der Waals surface area contributed by atoms with Gasteiger partial charge >= 0.3 is 0 Å². The van der Waals surface area contributed by atoms with Gasteiger partial charge in [-0.25, -0.2) is 0 Å². The quantitative estimate of drug-likeness (QED) is 0.318. The molecule has 4 heteroatoms. The molecule has 0 aliphatic rings. The van der Waals surface area contributed by atoms with Gasteiger partial charge in [0.2, 0.25) is 0 Å². The molecule has 0 amide bonds. The van der Waals surface area contributed by atoms with E-state index in [-0.39, 0.29) is 34.0 Å². The fourth-order valence-corrected chi connectivity index (χ4v) is 1.42. The second-order valence-electron chi connectivity index (χ2n) is 5.26. The number of hydrogen-bond acceptors (Lipinski definition) is 0. The minimum Gasteiger partial charge on any atom is -1.00 e. The van der Waals surface area contributed by atoms with Crippen molar-refractivity contribution in [1.29, 1.82) is 0 Å². The standard InChI is InChI=1S/C12H26N2.2BrH/c1-7-9-13(3,4)11-12-14(5,6)10-8-2;;/h7-8H,1-2,9-12H2,3-6H3;2*1H/q+2;;/p-2. The van der Waals surface area contributed by atoms with Gasteiger partial charge in [-0.15, -0.1) is 0 Å². The average Bonchev–Trinajstić information content (AvgIpc) is 2.01. The molecular weight excluding hydrogens is 332 g/mol. The molecule has 0 aromatic rings. The van der Waals surface area contributed by atoms with Gasteiger partial charge in [0.15, 0.2) is 0 Å². The Kier molecular flexibility index (Phi) is 12.7. The first kappa shape index (κ1) is 21.6. The van der Waals surface area contributed by atoms with Gasteiger partial charge in [-0.3, -0.25) is 0 Å². The second kappa shape index (κ2) is 9.40. The van der Waals surface area contributed by atoms with E-state index in [4.69, 9.17) is 0 Å². The lowest BCUT2D eigenvalue weighted by molar-refractivity contribution is -0.940. The van der Waals surface area contributed by atoms with Crippen LogP contribution in [-0.2, 0) is 0 Å². The highest BCUT2D eigenvalue weighted by molar-refractivity contribution is 4.65. The SMILES string of the molecule is C=CC[N+](C)(C)CC[N+](C)(C)CC=C.[Br-].[Br-]. The van der Waals surface area contributed by atoms with E-state index in [9.17, 15) is 0 Å². The number of halogens is 2. The normalized spacial score (nSPS) is 11.0. The maximum Gasteiger partial charge on any atom is 0.128 e. The van der Waals surface area contributed by atoms with E-state index in [1.54, 1.807) is 0 Å². The van der Waals surface area contributed by atoms with Crippen molar-refractivity contribution in [3.8, 4) is 0 Å². The molecule has 0 fully saturated rings. The highest BCUT2D eigenvalue weighted by Crippen LogP contribution is 2.02. The number of hydrogen-bond donors (Lipinski definition) is 0. The molecule has 0 aliphatic carbocycles. The molecule has 0 saturated heterocycles. The van der Waals surface area contributed by atoms with Gasteiger partial charge in [-0.05, 0) is 12.2 Å². The van der Waals surface area contributed by atoms with Crippen LogP contribution in [0, 0.1) is 0 Å². The predicted molar refractivity (Wildman–Crippen MR) is 64.1 cm³/mol. The topological polar surface area (TPSA) is 0 Å². The van der Waals surface area contributed by atoms with Gasteiger partial charge < -0.3 is 42.9 Å². The molecule has 0 spiro atoms. The Bertz CT molecular complexity index is 179. The summed E-state index contributed by atoms with van der Waals surface area (Å²) in [5.74, 6) is 0. The van der Waals surface area contributed by atoms with Gasteiger partial charge in [-0.1, -0.05) is 13.2 Å². The molecule has 0 heterocycles. The summed E-state index contributed by atoms with van der Waals surface area (Å²) < 4.78 is 2.03. The molecule has 98 valence electrons. The number of rotatable bonds is 7. The van der Waals surface area contributed by atoms with Crippen LogP contribution < -0.4 is 34.0 Å². The third-order valence-electron chi connectivity index (χ3n) is 2.56. The van der Waals surface area contributed by atoms with Crippen LogP contribution in [0.3, 0.4) is 0 Å². The summed E-state index contributed by atoms with van der Waals surface area (Å²) in [6.45, 7) is 12.0. The van der Waals surface area contributed by atoms with Crippen LogP contribution in [0.25, 0.3) is 0 Å². The van der Waals surface area contributed by atoms with E-state index in [0.29, 0.717) is 0 Å². The lowest BCUT2D eigenvalue weighted by Gasteiger charge is -2.34. The first-order chi connectivity index (χ1) is 6.33. The Hall–Kier alpha value is 0.360. The summed E-state index contributed by atoms with van der Waals surface area (Å²) in [4.78, 5) is 0. The van der Waals surface area contributed by atoms with E-state index in [0.717, 1.165) is 22.1 Å². The second-order valence-corrected chi connectivity index (χ2v) is 5.26. The molecule has 0 bridgehead atoms. The van der Waals surface area contributed by atoms with E-state index >= 15 is 0 Å². The fraction of sp³-hybridized carbons (Fsp3) is 0.667. The summed E-state index contributed by atoms with van der Waals surface area (Å²) in [7, 11) is 8.98. The summed E-state index contributed by atoms with van der Waals surface area (Å²) in [5.41, 5.74) is 0. The molecule has 16 heavy (non-hydrogen) atoms. The Morgan fingerprint density at radius 3 is 1.19 bits per heavy atom. The largest absolute Gasteiger partial charge is 1.00 e. The lowest BCUT2D eigenvalue weighted by Crippen LogP contribution is -3.00. The minimum atomic E-state index is 0. The molecule has 0 radical (unpaired) electrons. The summed E-state index contributed by atoms with van der Waals surface area (Å²) >= 11 is 0. The fourth-order valence-electron chi connectivity index (χ4n) is 1.42. The number of quaternary nitrogens is 2. The molecule has 0 aromatic heterocycles. The summed E-state index contributed by atoms with van der Waals surface area (Å²) in [6.07, 6.45) is 3.99. The average molecular weight is 358 g/mol. The smallest absolute Gasteiger partial charge is 0.128 e. The molecule has 0 atom stereocenters. The maximum absolute atomic E-state index is 3.79. The van der Waals surface area contributed by atoms with Crippen molar-refractivity contribution < 1.29 is 42.9 Å². The van der Waals surface area contributed by atoms with Crippen LogP contribution in [0.2, 0.25) is 0 Å². The van der Waals surface area contributed by atoms with Crippen LogP contribution in [-0.4, -0.2) is 63.3 Å². The van der Waals surface area contributed by atoms with Crippen molar-refractivity contribution in [2.24, 2.45) is 0 Å². The van der Waals surface area contributed by atoms with Crippen molar-refractivity contribution >= 4 is 0 Å². The molecule has 2 nitrogen and oxygen atoms in total. The zero-order chi connectivity index (χ0) is 11.2. The van der Waals surface area contributed by atoms with E-state index in [2.05, 4.69) is 41.3 Å². The molecule has 0 saturated carbocycles. The third kappa shape index (κ3) is 10.9. The van der Waals surface area contributed by atoms with Gasteiger partial charge in [0.25, 0.3) is 0 Å². The van der Waals surface area contributed by atoms with Crippen LogP contribution in [0.5, 0.6) is 0 Å². The first-order valence-electron chi connectivity index (χ1n) is 5.19. The number of likely N-dealkylation sites (N-methyl/N-ethyl adjacent to an activating group) is 2. The zero-order valence-electron chi connectivity index (χ0n) is 11.0. The summed E-state index contributed by atoms with van der Waals surface area (Å²) in [5, 5.41) is 0. The molecule has 0 N–H and O–H groups in total.